The first-order valence-corrected chi connectivity index (χ1v) is 5.10. The van der Waals surface area contributed by atoms with Gasteiger partial charge in [-0.15, -0.1) is 0 Å². The third-order valence-electron chi connectivity index (χ3n) is 3.02. The Hall–Kier alpha value is -0.570. The molecular weight excluding hydrogens is 164 g/mol. The van der Waals surface area contributed by atoms with Crippen molar-refractivity contribution in [3.05, 3.63) is 0 Å². The Bertz CT molecular complexity index is 176. The van der Waals surface area contributed by atoms with Crippen molar-refractivity contribution in [3.63, 3.8) is 0 Å². The predicted molar refractivity (Wildman–Crippen MR) is 53.5 cm³/mol. The molecule has 0 aliphatic heterocycles. The molecule has 1 atom stereocenters. The van der Waals surface area contributed by atoms with Gasteiger partial charge in [-0.2, -0.15) is 0 Å². The zero-order valence-corrected chi connectivity index (χ0v) is 8.84. The molecule has 13 heavy (non-hydrogen) atoms. The van der Waals surface area contributed by atoms with E-state index >= 15 is 0 Å². The molecule has 1 amide bonds. The molecule has 0 spiro atoms. The maximum absolute atomic E-state index is 11.7. The van der Waals surface area contributed by atoms with E-state index in [1.165, 1.54) is 25.7 Å². The van der Waals surface area contributed by atoms with E-state index in [1.807, 2.05) is 25.9 Å². The molecule has 1 unspecified atom stereocenters. The lowest BCUT2D eigenvalue weighted by atomic mass is 10.2. The van der Waals surface area contributed by atoms with E-state index in [2.05, 4.69) is 5.32 Å². The molecule has 76 valence electrons. The normalized spacial score (nSPS) is 20.2. The molecule has 0 aromatic rings. The second-order valence-electron chi connectivity index (χ2n) is 3.90. The molecule has 0 bridgehead atoms. The Morgan fingerprint density at radius 3 is 2.46 bits per heavy atom. The maximum atomic E-state index is 11.7. The molecule has 0 saturated heterocycles. The largest absolute Gasteiger partial charge is 0.341 e. The summed E-state index contributed by atoms with van der Waals surface area (Å²) in [5.41, 5.74) is 0. The van der Waals surface area contributed by atoms with E-state index in [0.717, 1.165) is 0 Å². The van der Waals surface area contributed by atoms with Gasteiger partial charge < -0.3 is 10.2 Å². The van der Waals surface area contributed by atoms with Crippen molar-refractivity contribution in [1.82, 2.24) is 10.2 Å². The van der Waals surface area contributed by atoms with Crippen LogP contribution in [0.5, 0.6) is 0 Å². The van der Waals surface area contributed by atoms with Crippen LogP contribution >= 0.6 is 0 Å². The molecule has 3 heteroatoms. The van der Waals surface area contributed by atoms with Crippen LogP contribution in [0.4, 0.5) is 0 Å². The van der Waals surface area contributed by atoms with Crippen LogP contribution in [0.15, 0.2) is 0 Å². The van der Waals surface area contributed by atoms with Crippen LogP contribution in [0.2, 0.25) is 0 Å². The van der Waals surface area contributed by atoms with E-state index in [-0.39, 0.29) is 11.9 Å². The summed E-state index contributed by atoms with van der Waals surface area (Å²) in [6.45, 7) is 1.91. The van der Waals surface area contributed by atoms with E-state index in [9.17, 15) is 4.79 Å². The van der Waals surface area contributed by atoms with Gasteiger partial charge in [-0.05, 0) is 26.8 Å². The smallest absolute Gasteiger partial charge is 0.239 e. The number of hydrogen-bond donors (Lipinski definition) is 1. The maximum Gasteiger partial charge on any atom is 0.239 e. The minimum Gasteiger partial charge on any atom is -0.341 e. The molecule has 3 nitrogen and oxygen atoms in total. The minimum atomic E-state index is -0.0504. The summed E-state index contributed by atoms with van der Waals surface area (Å²) < 4.78 is 0. The van der Waals surface area contributed by atoms with Crippen LogP contribution < -0.4 is 5.32 Å². The summed E-state index contributed by atoms with van der Waals surface area (Å²) in [5.74, 6) is 0.217. The average Bonchev–Trinajstić information content (AvgIpc) is 2.67. The molecule has 1 rings (SSSR count). The number of hydrogen-bond acceptors (Lipinski definition) is 2. The highest BCUT2D eigenvalue weighted by molar-refractivity contribution is 5.81. The third kappa shape index (κ3) is 2.44. The molecule has 1 N–H and O–H groups in total. The number of nitrogens with one attached hydrogen (secondary N) is 1. The summed E-state index contributed by atoms with van der Waals surface area (Å²) >= 11 is 0. The van der Waals surface area contributed by atoms with Crippen molar-refractivity contribution < 1.29 is 4.79 Å². The number of nitrogens with zero attached hydrogens (tertiary/aromatic N) is 1. The average molecular weight is 184 g/mol. The van der Waals surface area contributed by atoms with Gasteiger partial charge >= 0.3 is 0 Å². The van der Waals surface area contributed by atoms with Gasteiger partial charge in [-0.1, -0.05) is 12.8 Å². The lowest BCUT2D eigenvalue weighted by molar-refractivity contribution is -0.133. The van der Waals surface area contributed by atoms with Crippen molar-refractivity contribution in [1.29, 1.82) is 0 Å². The highest BCUT2D eigenvalue weighted by Gasteiger charge is 2.25. The minimum absolute atomic E-state index is 0.0504. The van der Waals surface area contributed by atoms with Crippen molar-refractivity contribution >= 4 is 5.91 Å². The van der Waals surface area contributed by atoms with Gasteiger partial charge in [-0.25, -0.2) is 0 Å². The summed E-state index contributed by atoms with van der Waals surface area (Å²) in [4.78, 5) is 13.6. The Kier molecular flexibility index (Phi) is 3.72. The highest BCUT2D eigenvalue weighted by Crippen LogP contribution is 2.22. The quantitative estimate of drug-likeness (QED) is 0.709. The second kappa shape index (κ2) is 4.61. The number of carbonyl (C=O) groups excluding carboxylic acids is 1. The highest BCUT2D eigenvalue weighted by atomic mass is 16.2. The number of likely N-dealkylation sites (N-methyl/N-ethyl adjacent to an activating group) is 2. The van der Waals surface area contributed by atoms with Gasteiger partial charge in [-0.3, -0.25) is 4.79 Å². The van der Waals surface area contributed by atoms with Crippen LogP contribution in [0.3, 0.4) is 0 Å². The lowest BCUT2D eigenvalue weighted by Crippen LogP contribution is -2.45. The molecule has 0 heterocycles. The first-order chi connectivity index (χ1) is 6.16. The monoisotopic (exact) mass is 184 g/mol. The summed E-state index contributed by atoms with van der Waals surface area (Å²) in [6, 6.07) is 0.439. The topological polar surface area (TPSA) is 32.3 Å². The molecule has 0 radical (unpaired) electrons. The second-order valence-corrected chi connectivity index (χ2v) is 3.90. The zero-order valence-electron chi connectivity index (χ0n) is 8.84. The van der Waals surface area contributed by atoms with Crippen LogP contribution in [0.25, 0.3) is 0 Å². The number of amides is 1. The first kappa shape index (κ1) is 10.5. The molecule has 1 fully saturated rings. The van der Waals surface area contributed by atoms with Crippen molar-refractivity contribution in [2.75, 3.05) is 14.1 Å². The standard InChI is InChI=1S/C10H20N2O/c1-8(11-2)10(13)12(3)9-6-4-5-7-9/h8-9,11H,4-7H2,1-3H3. The predicted octanol–water partition coefficient (Wildman–Crippen LogP) is 0.995. The number of carbonyl (C=O) groups is 1. The van der Waals surface area contributed by atoms with Crippen LogP contribution in [0.1, 0.15) is 32.6 Å². The van der Waals surface area contributed by atoms with Crippen molar-refractivity contribution in [3.8, 4) is 0 Å². The fraction of sp³-hybridized carbons (Fsp3) is 0.900. The van der Waals surface area contributed by atoms with Crippen molar-refractivity contribution in [2.24, 2.45) is 0 Å². The molecule has 0 aromatic carbocycles. The van der Waals surface area contributed by atoms with Gasteiger partial charge in [0.1, 0.15) is 0 Å². The van der Waals surface area contributed by atoms with E-state index in [0.29, 0.717) is 6.04 Å². The Balaban J connectivity index is 2.45. The summed E-state index contributed by atoms with van der Waals surface area (Å²) in [6.07, 6.45) is 4.91. The molecule has 1 saturated carbocycles. The van der Waals surface area contributed by atoms with Gasteiger partial charge in [0.25, 0.3) is 0 Å². The molecule has 1 aliphatic carbocycles. The van der Waals surface area contributed by atoms with E-state index in [1.54, 1.807) is 0 Å². The fourth-order valence-electron chi connectivity index (χ4n) is 1.90. The molecular formula is C10H20N2O. The Morgan fingerprint density at radius 2 is 2.00 bits per heavy atom. The fourth-order valence-corrected chi connectivity index (χ4v) is 1.90. The summed E-state index contributed by atoms with van der Waals surface area (Å²) in [5, 5.41) is 2.98. The molecule has 1 aliphatic rings. The van der Waals surface area contributed by atoms with Crippen LogP contribution in [0, 0.1) is 0 Å². The van der Waals surface area contributed by atoms with Crippen LogP contribution in [-0.2, 0) is 4.79 Å². The Labute approximate surface area is 80.5 Å². The van der Waals surface area contributed by atoms with Gasteiger partial charge in [0, 0.05) is 13.1 Å². The third-order valence-corrected chi connectivity index (χ3v) is 3.02. The lowest BCUT2D eigenvalue weighted by Gasteiger charge is -2.27. The molecule has 0 aromatic heterocycles. The van der Waals surface area contributed by atoms with Gasteiger partial charge in [0.05, 0.1) is 6.04 Å². The number of rotatable bonds is 3. The zero-order chi connectivity index (χ0) is 9.84. The van der Waals surface area contributed by atoms with Gasteiger partial charge in [0.15, 0.2) is 0 Å². The SMILES string of the molecule is CNC(C)C(=O)N(C)C1CCCC1. The Morgan fingerprint density at radius 1 is 1.46 bits per heavy atom. The first-order valence-electron chi connectivity index (χ1n) is 5.10. The van der Waals surface area contributed by atoms with Gasteiger partial charge in [0.2, 0.25) is 5.91 Å². The van der Waals surface area contributed by atoms with E-state index < -0.39 is 0 Å². The van der Waals surface area contributed by atoms with Crippen molar-refractivity contribution in [2.45, 2.75) is 44.7 Å². The van der Waals surface area contributed by atoms with Crippen LogP contribution in [-0.4, -0.2) is 37.0 Å². The summed E-state index contributed by atoms with van der Waals surface area (Å²) in [7, 11) is 3.75. The van der Waals surface area contributed by atoms with E-state index in [4.69, 9.17) is 0 Å².